The van der Waals surface area contributed by atoms with Crippen LogP contribution < -0.4 is 21.7 Å². The van der Waals surface area contributed by atoms with Gasteiger partial charge in [0.2, 0.25) is 17.7 Å². The van der Waals surface area contributed by atoms with Crippen LogP contribution in [0.3, 0.4) is 0 Å². The molecule has 0 spiro atoms. The lowest BCUT2D eigenvalue weighted by molar-refractivity contribution is -0.142. The molecule has 0 aliphatic rings. The van der Waals surface area contributed by atoms with Gasteiger partial charge < -0.3 is 36.9 Å². The molecule has 0 aliphatic heterocycles. The standard InChI is InChI=1S/C19H30N6O7/c1-9(2)15(20)18(30)24-12(4-5-14(26)27)17(29)23-10(3)16(28)25-13(19(31)32)6-11-7-21-8-22-11/h7-10,12-13,15H,4-6,20H2,1-3H3,(H,21,22)(H,23,29)(H,24,30)(H,25,28)(H,26,27)(H,31,32). The second-order valence-corrected chi connectivity index (χ2v) is 7.67. The Morgan fingerprint density at radius 3 is 2.12 bits per heavy atom. The summed E-state index contributed by atoms with van der Waals surface area (Å²) in [5.41, 5.74) is 6.26. The average Bonchev–Trinajstić information content (AvgIpc) is 3.22. The van der Waals surface area contributed by atoms with E-state index in [9.17, 15) is 29.1 Å². The van der Waals surface area contributed by atoms with Crippen molar-refractivity contribution >= 4 is 29.7 Å². The highest BCUT2D eigenvalue weighted by molar-refractivity contribution is 5.94. The lowest BCUT2D eigenvalue weighted by Gasteiger charge is -2.24. The monoisotopic (exact) mass is 454 g/mol. The number of nitrogens with two attached hydrogens (primary N) is 1. The molecule has 4 unspecified atom stereocenters. The van der Waals surface area contributed by atoms with Gasteiger partial charge in [-0.05, 0) is 19.3 Å². The van der Waals surface area contributed by atoms with Crippen LogP contribution in [-0.2, 0) is 30.4 Å². The molecule has 0 aromatic carbocycles. The Kier molecular flexibility index (Phi) is 10.3. The van der Waals surface area contributed by atoms with Crippen molar-refractivity contribution in [2.45, 2.75) is 64.2 Å². The number of rotatable bonds is 13. The minimum absolute atomic E-state index is 0.0495. The lowest BCUT2D eigenvalue weighted by Crippen LogP contribution is -2.57. The summed E-state index contributed by atoms with van der Waals surface area (Å²) in [5, 5.41) is 25.3. The maximum absolute atomic E-state index is 12.6. The van der Waals surface area contributed by atoms with Crippen molar-refractivity contribution in [1.29, 1.82) is 0 Å². The molecule has 8 N–H and O–H groups in total. The minimum atomic E-state index is -1.28. The average molecular weight is 454 g/mol. The number of nitrogens with zero attached hydrogens (tertiary/aromatic N) is 1. The van der Waals surface area contributed by atoms with Gasteiger partial charge in [0.15, 0.2) is 0 Å². The number of carbonyl (C=O) groups is 5. The van der Waals surface area contributed by atoms with Crippen molar-refractivity contribution in [2.24, 2.45) is 11.7 Å². The number of hydrogen-bond acceptors (Lipinski definition) is 7. The second-order valence-electron chi connectivity index (χ2n) is 7.67. The highest BCUT2D eigenvalue weighted by Gasteiger charge is 2.29. The van der Waals surface area contributed by atoms with Crippen molar-refractivity contribution in [3.8, 4) is 0 Å². The van der Waals surface area contributed by atoms with E-state index in [0.29, 0.717) is 5.69 Å². The predicted molar refractivity (Wildman–Crippen MR) is 111 cm³/mol. The first-order valence-corrected chi connectivity index (χ1v) is 10.0. The van der Waals surface area contributed by atoms with E-state index in [2.05, 4.69) is 25.9 Å². The summed E-state index contributed by atoms with van der Waals surface area (Å²) in [6.07, 6.45) is 2.12. The normalized spacial score (nSPS) is 14.7. The van der Waals surface area contributed by atoms with Crippen LogP contribution in [0.1, 0.15) is 39.3 Å². The van der Waals surface area contributed by atoms with E-state index >= 15 is 0 Å². The molecule has 3 amide bonds. The summed E-state index contributed by atoms with van der Waals surface area (Å²) in [6.45, 7) is 4.76. The van der Waals surface area contributed by atoms with Crippen molar-refractivity contribution in [2.75, 3.05) is 0 Å². The van der Waals surface area contributed by atoms with Crippen molar-refractivity contribution in [1.82, 2.24) is 25.9 Å². The van der Waals surface area contributed by atoms with Gasteiger partial charge in [-0.15, -0.1) is 0 Å². The Bertz CT molecular complexity index is 811. The van der Waals surface area contributed by atoms with Crippen LogP contribution >= 0.6 is 0 Å². The Labute approximate surface area is 184 Å². The van der Waals surface area contributed by atoms with Gasteiger partial charge in [-0.25, -0.2) is 9.78 Å². The first-order valence-electron chi connectivity index (χ1n) is 10.0. The molecule has 178 valence electrons. The van der Waals surface area contributed by atoms with Crippen LogP contribution in [0.4, 0.5) is 0 Å². The third-order valence-corrected chi connectivity index (χ3v) is 4.65. The number of amides is 3. The molecular formula is C19H30N6O7. The fourth-order valence-corrected chi connectivity index (χ4v) is 2.60. The zero-order valence-electron chi connectivity index (χ0n) is 18.1. The number of H-pyrrole nitrogens is 1. The molecule has 0 fully saturated rings. The number of carboxylic acid groups (broad SMARTS) is 2. The molecule has 4 atom stereocenters. The van der Waals surface area contributed by atoms with Gasteiger partial charge in [0.25, 0.3) is 0 Å². The molecule has 1 aromatic heterocycles. The van der Waals surface area contributed by atoms with Gasteiger partial charge in [0.05, 0.1) is 12.4 Å². The van der Waals surface area contributed by atoms with Crippen molar-refractivity contribution < 1.29 is 34.2 Å². The van der Waals surface area contributed by atoms with E-state index in [1.165, 1.54) is 19.4 Å². The number of imidazole rings is 1. The summed E-state index contributed by atoms with van der Waals surface area (Å²) in [7, 11) is 0. The number of aliphatic carboxylic acids is 2. The molecule has 0 bridgehead atoms. The Hall–Kier alpha value is -3.48. The second kappa shape index (κ2) is 12.4. The maximum atomic E-state index is 12.6. The quantitative estimate of drug-likeness (QED) is 0.181. The number of aromatic amines is 1. The van der Waals surface area contributed by atoms with Gasteiger partial charge in [-0.3, -0.25) is 19.2 Å². The largest absolute Gasteiger partial charge is 0.481 e. The van der Waals surface area contributed by atoms with E-state index in [1.807, 2.05) is 0 Å². The van der Waals surface area contributed by atoms with E-state index in [-0.39, 0.29) is 18.8 Å². The summed E-state index contributed by atoms with van der Waals surface area (Å²) in [6, 6.07) is -4.57. The molecule has 1 aromatic rings. The Balaban J connectivity index is 2.78. The molecular weight excluding hydrogens is 424 g/mol. The first-order chi connectivity index (χ1) is 14.9. The fraction of sp³-hybridized carbons (Fsp3) is 0.579. The number of hydrogen-bond donors (Lipinski definition) is 7. The highest BCUT2D eigenvalue weighted by atomic mass is 16.4. The summed E-state index contributed by atoms with van der Waals surface area (Å²) < 4.78 is 0. The fourth-order valence-electron chi connectivity index (χ4n) is 2.60. The van der Waals surface area contributed by atoms with Crippen molar-refractivity contribution in [3.63, 3.8) is 0 Å². The van der Waals surface area contributed by atoms with Crippen LogP contribution in [0.15, 0.2) is 12.5 Å². The lowest BCUT2D eigenvalue weighted by atomic mass is 10.0. The topological polar surface area (TPSA) is 217 Å². The number of nitrogens with one attached hydrogen (secondary N) is 4. The number of carboxylic acids is 2. The molecule has 13 nitrogen and oxygen atoms in total. The minimum Gasteiger partial charge on any atom is -0.481 e. The van der Waals surface area contributed by atoms with Crippen molar-refractivity contribution in [3.05, 3.63) is 18.2 Å². The Morgan fingerprint density at radius 2 is 1.62 bits per heavy atom. The summed E-state index contributed by atoms with van der Waals surface area (Å²) in [4.78, 5) is 66.1. The number of carbonyl (C=O) groups excluding carboxylic acids is 3. The zero-order valence-corrected chi connectivity index (χ0v) is 18.1. The van der Waals surface area contributed by atoms with Crippen LogP contribution in [0, 0.1) is 5.92 Å². The first kappa shape index (κ1) is 26.6. The Morgan fingerprint density at radius 1 is 1.00 bits per heavy atom. The van der Waals surface area contributed by atoms with Gasteiger partial charge in [-0.1, -0.05) is 13.8 Å². The molecule has 1 heterocycles. The molecule has 0 radical (unpaired) electrons. The van der Waals surface area contributed by atoms with Crippen LogP contribution in [0.25, 0.3) is 0 Å². The van der Waals surface area contributed by atoms with E-state index in [0.717, 1.165) is 0 Å². The van der Waals surface area contributed by atoms with Gasteiger partial charge >= 0.3 is 11.9 Å². The molecule has 1 rings (SSSR count). The molecule has 32 heavy (non-hydrogen) atoms. The molecule has 0 saturated heterocycles. The highest BCUT2D eigenvalue weighted by Crippen LogP contribution is 2.04. The van der Waals surface area contributed by atoms with Crippen LogP contribution in [0.5, 0.6) is 0 Å². The van der Waals surface area contributed by atoms with E-state index in [4.69, 9.17) is 10.8 Å². The molecule has 13 heteroatoms. The summed E-state index contributed by atoms with van der Waals surface area (Å²) >= 11 is 0. The zero-order chi connectivity index (χ0) is 24.4. The summed E-state index contributed by atoms with van der Waals surface area (Å²) in [5.74, 6) is -4.86. The third kappa shape index (κ3) is 8.71. The van der Waals surface area contributed by atoms with E-state index in [1.54, 1.807) is 13.8 Å². The molecule has 0 saturated carbocycles. The van der Waals surface area contributed by atoms with Crippen LogP contribution in [0.2, 0.25) is 0 Å². The maximum Gasteiger partial charge on any atom is 0.326 e. The van der Waals surface area contributed by atoms with Gasteiger partial charge in [0.1, 0.15) is 18.1 Å². The number of aromatic nitrogens is 2. The van der Waals surface area contributed by atoms with E-state index < -0.39 is 60.2 Å². The smallest absolute Gasteiger partial charge is 0.326 e. The van der Waals surface area contributed by atoms with Gasteiger partial charge in [-0.2, -0.15) is 0 Å². The third-order valence-electron chi connectivity index (χ3n) is 4.65. The van der Waals surface area contributed by atoms with Crippen LogP contribution in [-0.4, -0.2) is 74.0 Å². The molecule has 0 aliphatic carbocycles. The van der Waals surface area contributed by atoms with Gasteiger partial charge in [0, 0.05) is 24.7 Å². The predicted octanol–water partition coefficient (Wildman–Crippen LogP) is -1.64. The SMILES string of the molecule is CC(NC(=O)C(CCC(=O)O)NC(=O)C(N)C(C)C)C(=O)NC(Cc1cnc[nH]1)C(=O)O.